The number of ether oxygens (including phenoxy) is 1. The van der Waals surface area contributed by atoms with Gasteiger partial charge >= 0.3 is 6.61 Å². The number of carbonyl (C=O) groups excluding carboxylic acids is 1. The van der Waals surface area contributed by atoms with Crippen LogP contribution in [0.3, 0.4) is 0 Å². The van der Waals surface area contributed by atoms with Crippen molar-refractivity contribution in [2.75, 3.05) is 41.7 Å². The largest absolute Gasteiger partial charge is 0.435 e. The molecule has 3 aromatic rings. The second-order valence-electron chi connectivity index (χ2n) is 9.90. The Morgan fingerprint density at radius 3 is 2.72 bits per heavy atom. The maximum atomic E-state index is 12.5. The van der Waals surface area contributed by atoms with Gasteiger partial charge in [0.1, 0.15) is 5.75 Å². The molecule has 2 saturated heterocycles. The van der Waals surface area contributed by atoms with Gasteiger partial charge in [-0.1, -0.05) is 23.5 Å². The number of likely N-dealkylation sites (tertiary alicyclic amines) is 1. The molecular formula is C26H32F2N8O2S. The number of rotatable bonds is 11. The first-order valence-corrected chi connectivity index (χ1v) is 14.0. The lowest BCUT2D eigenvalue weighted by Crippen LogP contribution is -2.33. The van der Waals surface area contributed by atoms with Gasteiger partial charge in [0.15, 0.2) is 5.82 Å². The van der Waals surface area contributed by atoms with Crippen molar-refractivity contribution >= 4 is 33.3 Å². The molecule has 0 spiro atoms. The topological polar surface area (TPSA) is 108 Å². The fourth-order valence-corrected chi connectivity index (χ4v) is 5.82. The first kappa shape index (κ1) is 27.1. The van der Waals surface area contributed by atoms with Gasteiger partial charge in [-0.3, -0.25) is 9.69 Å². The van der Waals surface area contributed by atoms with Gasteiger partial charge in [0, 0.05) is 38.3 Å². The van der Waals surface area contributed by atoms with Gasteiger partial charge in [-0.05, 0) is 74.5 Å². The van der Waals surface area contributed by atoms with Crippen molar-refractivity contribution in [2.45, 2.75) is 51.3 Å². The van der Waals surface area contributed by atoms with Gasteiger partial charge in [0.25, 0.3) is 0 Å². The second-order valence-corrected chi connectivity index (χ2v) is 10.9. The standard InChI is InChI=1S/C26H32F2N8O2S/c27-24(28)38-21-4-1-3-19(15-21)16-35-12-8-18(9-13-35)6-7-23(37)31-26-34-33-25(39-26)30-20-10-14-36(17-20)22-5-2-11-29-32-22/h1-5,11,15,18,20,24H,6-10,12-14,16-17H2,(H,30,33)(H,31,34,37)/t20-/m1/s1. The Morgan fingerprint density at radius 1 is 1.08 bits per heavy atom. The van der Waals surface area contributed by atoms with Gasteiger partial charge in [-0.15, -0.1) is 15.3 Å². The molecule has 13 heteroatoms. The summed E-state index contributed by atoms with van der Waals surface area (Å²) < 4.78 is 29.4. The van der Waals surface area contributed by atoms with E-state index in [4.69, 9.17) is 0 Å². The summed E-state index contributed by atoms with van der Waals surface area (Å²) in [6, 6.07) is 10.9. The summed E-state index contributed by atoms with van der Waals surface area (Å²) >= 11 is 1.34. The number of carbonyl (C=O) groups is 1. The highest BCUT2D eigenvalue weighted by atomic mass is 32.1. The Morgan fingerprint density at radius 2 is 1.92 bits per heavy atom. The number of amides is 1. The molecule has 1 amide bonds. The molecule has 10 nitrogen and oxygen atoms in total. The number of anilines is 3. The predicted molar refractivity (Wildman–Crippen MR) is 145 cm³/mol. The van der Waals surface area contributed by atoms with Crippen LogP contribution in [0.4, 0.5) is 24.9 Å². The summed E-state index contributed by atoms with van der Waals surface area (Å²) in [6.45, 7) is 1.39. The van der Waals surface area contributed by atoms with Crippen molar-refractivity contribution in [3.8, 4) is 5.75 Å². The third-order valence-corrected chi connectivity index (χ3v) is 7.86. The Kier molecular flexibility index (Phi) is 9.09. The zero-order chi connectivity index (χ0) is 27.0. The van der Waals surface area contributed by atoms with Gasteiger partial charge in [-0.2, -0.15) is 13.9 Å². The lowest BCUT2D eigenvalue weighted by Gasteiger charge is -2.32. The minimum Gasteiger partial charge on any atom is -0.435 e. The van der Waals surface area contributed by atoms with E-state index in [1.807, 2.05) is 18.2 Å². The number of halogens is 2. The highest BCUT2D eigenvalue weighted by Gasteiger charge is 2.25. The number of alkyl halides is 2. The normalized spacial score (nSPS) is 18.4. The van der Waals surface area contributed by atoms with Crippen LogP contribution in [-0.4, -0.2) is 70.0 Å². The zero-order valence-corrected chi connectivity index (χ0v) is 22.3. The molecule has 0 unspecified atom stereocenters. The molecule has 4 heterocycles. The van der Waals surface area contributed by atoms with Gasteiger partial charge in [-0.25, -0.2) is 0 Å². The van der Waals surface area contributed by atoms with E-state index in [0.29, 0.717) is 29.1 Å². The van der Waals surface area contributed by atoms with E-state index in [-0.39, 0.29) is 17.7 Å². The van der Waals surface area contributed by atoms with Crippen LogP contribution < -0.4 is 20.3 Å². The average molecular weight is 559 g/mol. The summed E-state index contributed by atoms with van der Waals surface area (Å²) in [5.41, 5.74) is 0.952. The van der Waals surface area contributed by atoms with Crippen LogP contribution in [0.1, 0.15) is 37.7 Å². The zero-order valence-electron chi connectivity index (χ0n) is 21.5. The van der Waals surface area contributed by atoms with Crippen LogP contribution in [0.5, 0.6) is 5.75 Å². The van der Waals surface area contributed by atoms with Crippen molar-refractivity contribution < 1.29 is 18.3 Å². The number of piperidine rings is 1. The molecular weight excluding hydrogens is 526 g/mol. The monoisotopic (exact) mass is 558 g/mol. The first-order chi connectivity index (χ1) is 19.0. The minimum atomic E-state index is -2.82. The van der Waals surface area contributed by atoms with Crippen molar-refractivity contribution in [1.29, 1.82) is 0 Å². The molecule has 2 aliphatic rings. The van der Waals surface area contributed by atoms with E-state index < -0.39 is 6.61 Å². The third-order valence-electron chi connectivity index (χ3n) is 7.09. The van der Waals surface area contributed by atoms with Crippen LogP contribution in [-0.2, 0) is 11.3 Å². The predicted octanol–water partition coefficient (Wildman–Crippen LogP) is 4.25. The van der Waals surface area contributed by atoms with Crippen LogP contribution in [0, 0.1) is 5.92 Å². The van der Waals surface area contributed by atoms with Crippen LogP contribution >= 0.6 is 11.3 Å². The molecule has 2 fully saturated rings. The van der Waals surface area contributed by atoms with Crippen molar-refractivity contribution in [3.63, 3.8) is 0 Å². The molecule has 0 saturated carbocycles. The summed E-state index contributed by atoms with van der Waals surface area (Å²) in [4.78, 5) is 17.0. The average Bonchev–Trinajstić information content (AvgIpc) is 3.58. The molecule has 2 aliphatic heterocycles. The van der Waals surface area contributed by atoms with Crippen molar-refractivity contribution in [3.05, 3.63) is 48.2 Å². The molecule has 0 radical (unpaired) electrons. The Bertz CT molecular complexity index is 1210. The van der Waals surface area contributed by atoms with E-state index >= 15 is 0 Å². The molecule has 1 aromatic carbocycles. The number of benzene rings is 1. The summed E-state index contributed by atoms with van der Waals surface area (Å²) in [5.74, 6) is 1.48. The Hall–Kier alpha value is -3.45. The van der Waals surface area contributed by atoms with Gasteiger partial charge < -0.3 is 20.3 Å². The van der Waals surface area contributed by atoms with Crippen LogP contribution in [0.2, 0.25) is 0 Å². The SMILES string of the molecule is O=C(CCC1CCN(Cc2cccc(OC(F)F)c2)CC1)Nc1nnc(N[C@@H]2CCN(c3cccnn3)C2)s1. The summed E-state index contributed by atoms with van der Waals surface area (Å²) in [6.07, 6.45) is 5.88. The quantitative estimate of drug-likeness (QED) is 0.357. The van der Waals surface area contributed by atoms with Crippen molar-refractivity contribution in [2.24, 2.45) is 5.92 Å². The molecule has 0 aliphatic carbocycles. The Balaban J connectivity index is 0.992. The van der Waals surface area contributed by atoms with E-state index in [1.54, 1.807) is 18.3 Å². The second kappa shape index (κ2) is 13.1. The van der Waals surface area contributed by atoms with Crippen LogP contribution in [0.15, 0.2) is 42.6 Å². The third kappa shape index (κ3) is 8.02. The fraction of sp³-hybridized carbons (Fsp3) is 0.500. The maximum absolute atomic E-state index is 12.5. The number of hydrogen-bond acceptors (Lipinski definition) is 10. The molecule has 1 atom stereocenters. The molecule has 208 valence electrons. The van der Waals surface area contributed by atoms with Gasteiger partial charge in [0.2, 0.25) is 16.2 Å². The highest BCUT2D eigenvalue weighted by molar-refractivity contribution is 7.19. The van der Waals surface area contributed by atoms with E-state index in [9.17, 15) is 13.6 Å². The lowest BCUT2D eigenvalue weighted by atomic mass is 9.92. The number of hydrogen-bond donors (Lipinski definition) is 2. The number of nitrogens with one attached hydrogen (secondary N) is 2. The summed E-state index contributed by atoms with van der Waals surface area (Å²) in [5, 5.41) is 23.9. The molecule has 5 rings (SSSR count). The van der Waals surface area contributed by atoms with E-state index in [2.05, 4.69) is 45.6 Å². The molecule has 0 bridgehead atoms. The first-order valence-electron chi connectivity index (χ1n) is 13.2. The van der Waals surface area contributed by atoms with E-state index in [1.165, 1.54) is 17.4 Å². The number of nitrogens with zero attached hydrogens (tertiary/aromatic N) is 6. The molecule has 2 N–H and O–H groups in total. The minimum absolute atomic E-state index is 0.0503. The van der Waals surface area contributed by atoms with E-state index in [0.717, 1.165) is 63.2 Å². The molecule has 2 aromatic heterocycles. The fourth-order valence-electron chi connectivity index (χ4n) is 5.08. The maximum Gasteiger partial charge on any atom is 0.387 e. The Labute approximate surface area is 229 Å². The number of aromatic nitrogens is 4. The molecule has 39 heavy (non-hydrogen) atoms. The smallest absolute Gasteiger partial charge is 0.387 e. The van der Waals surface area contributed by atoms with Crippen LogP contribution in [0.25, 0.3) is 0 Å². The highest BCUT2D eigenvalue weighted by Crippen LogP contribution is 2.27. The lowest BCUT2D eigenvalue weighted by molar-refractivity contribution is -0.116. The summed E-state index contributed by atoms with van der Waals surface area (Å²) in [7, 11) is 0. The van der Waals surface area contributed by atoms with Gasteiger partial charge in [0.05, 0.1) is 0 Å². The van der Waals surface area contributed by atoms with Crippen molar-refractivity contribution in [1.82, 2.24) is 25.3 Å².